The summed E-state index contributed by atoms with van der Waals surface area (Å²) >= 11 is 0. The van der Waals surface area contributed by atoms with Crippen molar-refractivity contribution in [3.05, 3.63) is 76.0 Å². The largest absolute Gasteiger partial charge is 3.00 e. The third-order valence-corrected chi connectivity index (χ3v) is 8.13. The van der Waals surface area contributed by atoms with E-state index in [2.05, 4.69) is 68.6 Å². The van der Waals surface area contributed by atoms with E-state index in [0.717, 1.165) is 12.5 Å². The number of halogens is 2. The Balaban J connectivity index is 0.00000192. The van der Waals surface area contributed by atoms with Crippen LogP contribution >= 0.6 is 0 Å². The van der Waals surface area contributed by atoms with Crippen molar-refractivity contribution >= 4 is 13.6 Å². The average Bonchev–Trinajstić information content (AvgIpc) is 3.11. The molecule has 0 spiro atoms. The van der Waals surface area contributed by atoms with Crippen molar-refractivity contribution in [2.45, 2.75) is 32.5 Å². The first-order valence-corrected chi connectivity index (χ1v) is 11.2. The Morgan fingerprint density at radius 1 is 1.20 bits per heavy atom. The van der Waals surface area contributed by atoms with Crippen molar-refractivity contribution in [2.24, 2.45) is 0 Å². The van der Waals surface area contributed by atoms with E-state index in [1.807, 2.05) is 0 Å². The van der Waals surface area contributed by atoms with Crippen LogP contribution in [-0.2, 0) is 26.2 Å². The van der Waals surface area contributed by atoms with Crippen LogP contribution in [0.5, 0.6) is 0 Å². The molecule has 1 radical (unpaired) electrons. The molecule has 5 heteroatoms. The van der Waals surface area contributed by atoms with E-state index in [-0.39, 0.29) is 57.6 Å². The molecule has 0 bridgehead atoms. The van der Waals surface area contributed by atoms with Crippen molar-refractivity contribution < 1.29 is 56.1 Å². The minimum absolute atomic E-state index is 0. The fourth-order valence-corrected chi connectivity index (χ4v) is 5.93. The molecule has 0 unspecified atom stereocenters. The number of hydrogen-bond acceptors (Lipinski definition) is 1. The van der Waals surface area contributed by atoms with Crippen LogP contribution < -0.4 is 24.8 Å². The van der Waals surface area contributed by atoms with Gasteiger partial charge in [0.2, 0.25) is 0 Å². The third kappa shape index (κ3) is 4.76. The summed E-state index contributed by atoms with van der Waals surface area (Å²) in [6, 6.07) is 9.42. The van der Waals surface area contributed by atoms with Gasteiger partial charge in [0, 0.05) is 6.61 Å². The summed E-state index contributed by atoms with van der Waals surface area (Å²) in [5, 5.41) is 10.9. The van der Waals surface area contributed by atoms with Crippen molar-refractivity contribution in [3.63, 3.8) is 0 Å². The van der Waals surface area contributed by atoms with Crippen LogP contribution in [0, 0.1) is 6.08 Å². The Kier molecular flexibility index (Phi) is 10.2. The van der Waals surface area contributed by atoms with E-state index in [4.69, 9.17) is 0 Å². The first kappa shape index (κ1) is 24.8. The number of fused-ring (bicyclic) bond motifs is 1. The molecular weight excluding hydrogens is 446 g/mol. The Morgan fingerprint density at radius 3 is 2.52 bits per heavy atom. The maximum atomic E-state index is 9.41. The quantitative estimate of drug-likeness (QED) is 0.429. The molecule has 25 heavy (non-hydrogen) atoms. The standard InChI is InChI=1S/C20H23OSi.2ClH.Zr/c1-4-16-17-9-6-5-8-15(17)14-19(16)18-10-7-11-20(18)22(2,3)13-12-21;;;/h4-9,11,21H,10,12-13H2,1-3H3;2*1H;/q-1;;;+3/p-2. The van der Waals surface area contributed by atoms with Gasteiger partial charge in [0.25, 0.3) is 0 Å². The van der Waals surface area contributed by atoms with Gasteiger partial charge < -0.3 is 29.9 Å². The van der Waals surface area contributed by atoms with Crippen molar-refractivity contribution in [1.29, 1.82) is 0 Å². The molecule has 0 saturated carbocycles. The van der Waals surface area contributed by atoms with Gasteiger partial charge >= 0.3 is 26.2 Å². The molecular formula is C20H23Cl2OSiZr. The monoisotopic (exact) mass is 467 g/mol. The van der Waals surface area contributed by atoms with Gasteiger partial charge in [-0.1, -0.05) is 55.6 Å². The molecule has 0 heterocycles. The molecule has 2 aliphatic rings. The predicted molar refractivity (Wildman–Crippen MR) is 96.1 cm³/mol. The fraction of sp³-hybridized carbons (Fsp3) is 0.300. The zero-order valence-corrected chi connectivity index (χ0v) is 19.8. The normalized spacial score (nSPS) is 16.8. The smallest absolute Gasteiger partial charge is 1.00 e. The summed E-state index contributed by atoms with van der Waals surface area (Å²) in [6.45, 7) is 7.10. The number of aliphatic hydroxyl groups excluding tert-OH is 1. The van der Waals surface area contributed by atoms with Crippen molar-refractivity contribution in [2.75, 3.05) is 6.61 Å². The molecule has 1 aromatic rings. The van der Waals surface area contributed by atoms with Crippen LogP contribution in [0.1, 0.15) is 24.5 Å². The summed E-state index contributed by atoms with van der Waals surface area (Å²) in [7, 11) is -1.59. The van der Waals surface area contributed by atoms with E-state index < -0.39 is 8.07 Å². The molecule has 0 atom stereocenters. The second kappa shape index (κ2) is 10.2. The Hall–Kier alpha value is -0.180. The van der Waals surface area contributed by atoms with Gasteiger partial charge in [0.05, 0.1) is 8.07 Å². The van der Waals surface area contributed by atoms with Gasteiger partial charge in [0.1, 0.15) is 0 Å². The molecule has 0 aliphatic heterocycles. The summed E-state index contributed by atoms with van der Waals surface area (Å²) in [5.41, 5.74) is 6.49. The molecule has 2 aliphatic carbocycles. The predicted octanol–water partition coefficient (Wildman–Crippen LogP) is -1.32. The van der Waals surface area contributed by atoms with E-state index >= 15 is 0 Å². The summed E-state index contributed by atoms with van der Waals surface area (Å²) in [5.74, 6) is 0. The van der Waals surface area contributed by atoms with Gasteiger partial charge in [0.15, 0.2) is 0 Å². The van der Waals surface area contributed by atoms with Gasteiger partial charge in [-0.2, -0.15) is 0 Å². The van der Waals surface area contributed by atoms with Gasteiger partial charge in [-0.25, -0.2) is 0 Å². The first-order chi connectivity index (χ1) is 10.6. The summed E-state index contributed by atoms with van der Waals surface area (Å²) < 4.78 is 0. The van der Waals surface area contributed by atoms with E-state index in [1.54, 1.807) is 0 Å². The maximum Gasteiger partial charge on any atom is 3.00 e. The minimum Gasteiger partial charge on any atom is -1.00 e. The second-order valence-corrected chi connectivity index (χ2v) is 11.4. The average molecular weight is 470 g/mol. The first-order valence-electron chi connectivity index (χ1n) is 8.00. The van der Waals surface area contributed by atoms with Gasteiger partial charge in [-0.3, -0.25) is 0 Å². The minimum atomic E-state index is -1.59. The van der Waals surface area contributed by atoms with E-state index in [1.165, 1.54) is 33.0 Å². The van der Waals surface area contributed by atoms with Crippen LogP contribution in [0.25, 0.3) is 5.57 Å². The van der Waals surface area contributed by atoms with Gasteiger partial charge in [-0.15, -0.1) is 46.1 Å². The number of aliphatic hydroxyl groups is 1. The molecule has 0 aromatic heterocycles. The van der Waals surface area contributed by atoms with E-state index in [0.29, 0.717) is 0 Å². The number of rotatable bonds is 4. The van der Waals surface area contributed by atoms with Crippen LogP contribution in [0.2, 0.25) is 19.1 Å². The van der Waals surface area contributed by atoms with Gasteiger partial charge in [-0.05, 0) is 12.5 Å². The third-order valence-electron chi connectivity index (χ3n) is 4.73. The molecule has 131 valence electrons. The molecule has 1 nitrogen and oxygen atoms in total. The Morgan fingerprint density at radius 2 is 1.88 bits per heavy atom. The van der Waals surface area contributed by atoms with Crippen LogP contribution in [0.3, 0.4) is 0 Å². The molecule has 0 saturated heterocycles. The molecule has 3 rings (SSSR count). The molecule has 1 aromatic carbocycles. The van der Waals surface area contributed by atoms with Crippen LogP contribution in [0.15, 0.2) is 58.8 Å². The Bertz CT molecular complexity index is 733. The SMILES string of the molecule is CC=C1C(C2=C([Si](C)(C)CCO)C=CC2)=[C-]c2ccccc21.[Cl-].[Cl-].[Zr+3]. The van der Waals surface area contributed by atoms with Crippen LogP contribution in [0.4, 0.5) is 0 Å². The van der Waals surface area contributed by atoms with Crippen molar-refractivity contribution in [3.8, 4) is 0 Å². The van der Waals surface area contributed by atoms with E-state index in [9.17, 15) is 5.11 Å². The second-order valence-electron chi connectivity index (χ2n) is 6.60. The number of allylic oxidation sites excluding steroid dienone is 7. The molecule has 0 amide bonds. The zero-order valence-electron chi connectivity index (χ0n) is 14.9. The fourth-order valence-electron chi connectivity index (χ4n) is 3.49. The number of hydrogen-bond donors (Lipinski definition) is 1. The zero-order chi connectivity index (χ0) is 15.7. The molecule has 1 N–H and O–H groups in total. The van der Waals surface area contributed by atoms with Crippen LogP contribution in [-0.4, -0.2) is 19.8 Å². The number of benzene rings is 1. The summed E-state index contributed by atoms with van der Waals surface area (Å²) in [6.07, 6.45) is 11.4. The molecule has 0 fully saturated rings. The maximum absolute atomic E-state index is 9.41. The summed E-state index contributed by atoms with van der Waals surface area (Å²) in [4.78, 5) is 0. The van der Waals surface area contributed by atoms with Crippen molar-refractivity contribution in [1.82, 2.24) is 0 Å². The topological polar surface area (TPSA) is 20.2 Å². The Labute approximate surface area is 184 Å².